The lowest BCUT2D eigenvalue weighted by atomic mass is 9.94. The number of aromatic nitrogens is 1. The first-order valence-electron chi connectivity index (χ1n) is 10.4. The summed E-state index contributed by atoms with van der Waals surface area (Å²) in [4.78, 5) is 31.4. The van der Waals surface area contributed by atoms with Gasteiger partial charge in [0, 0.05) is 18.5 Å². The second-order valence-electron chi connectivity index (χ2n) is 8.11. The van der Waals surface area contributed by atoms with Crippen LogP contribution in [0.1, 0.15) is 78.2 Å². The molecule has 8 heteroatoms. The molecule has 0 aromatic carbocycles. The van der Waals surface area contributed by atoms with E-state index in [1.54, 1.807) is 0 Å². The van der Waals surface area contributed by atoms with Gasteiger partial charge in [-0.25, -0.2) is 4.98 Å². The summed E-state index contributed by atoms with van der Waals surface area (Å²) in [7, 11) is 0. The maximum Gasteiger partial charge on any atom is 0.305 e. The van der Waals surface area contributed by atoms with Crippen LogP contribution in [-0.2, 0) is 4.79 Å². The van der Waals surface area contributed by atoms with Crippen LogP contribution in [0.25, 0.3) is 0 Å². The molecule has 28 heavy (non-hydrogen) atoms. The molecule has 0 atom stereocenters. The van der Waals surface area contributed by atoms with Crippen LogP contribution in [0.4, 0.5) is 0 Å². The van der Waals surface area contributed by atoms with Gasteiger partial charge >= 0.3 is 5.97 Å². The third-order valence-corrected chi connectivity index (χ3v) is 6.98. The highest BCUT2D eigenvalue weighted by atomic mass is 32.1. The first-order chi connectivity index (χ1) is 13.5. The average Bonchev–Trinajstić information content (AvgIpc) is 3.14. The van der Waals surface area contributed by atoms with Gasteiger partial charge < -0.3 is 20.6 Å². The van der Waals surface area contributed by atoms with Crippen molar-refractivity contribution in [2.24, 2.45) is 0 Å². The van der Waals surface area contributed by atoms with E-state index >= 15 is 0 Å². The number of piperidine rings is 2. The van der Waals surface area contributed by atoms with Crippen LogP contribution in [-0.4, -0.2) is 65.6 Å². The smallest absolute Gasteiger partial charge is 0.305 e. The van der Waals surface area contributed by atoms with Crippen molar-refractivity contribution in [3.8, 4) is 0 Å². The Kier molecular flexibility index (Phi) is 7.42. The molecule has 3 rings (SSSR count). The number of aliphatic carboxylic acids is 1. The fourth-order valence-electron chi connectivity index (χ4n) is 4.12. The number of nitrogens with one attached hydrogen (secondary N) is 2. The summed E-state index contributed by atoms with van der Waals surface area (Å²) in [6.45, 7) is 8.69. The zero-order valence-corrected chi connectivity index (χ0v) is 17.7. The monoisotopic (exact) mass is 408 g/mol. The molecule has 2 fully saturated rings. The van der Waals surface area contributed by atoms with Crippen molar-refractivity contribution in [2.75, 3.05) is 32.7 Å². The molecule has 0 radical (unpaired) electrons. The minimum atomic E-state index is -0.908. The number of amides is 1. The highest BCUT2D eigenvalue weighted by Gasteiger charge is 2.30. The summed E-state index contributed by atoms with van der Waals surface area (Å²) in [5, 5.41) is 16.0. The highest BCUT2D eigenvalue weighted by molar-refractivity contribution is 7.13. The zero-order valence-electron chi connectivity index (χ0n) is 16.9. The topological polar surface area (TPSA) is 94.6 Å². The Morgan fingerprint density at radius 1 is 1.25 bits per heavy atom. The molecule has 1 aromatic rings. The van der Waals surface area contributed by atoms with Crippen LogP contribution in [0.3, 0.4) is 0 Å². The minimum Gasteiger partial charge on any atom is -0.481 e. The summed E-state index contributed by atoms with van der Waals surface area (Å²) in [6, 6.07) is 0.709. The maximum atomic E-state index is 12.6. The van der Waals surface area contributed by atoms with E-state index < -0.39 is 5.97 Å². The van der Waals surface area contributed by atoms with E-state index in [1.807, 2.05) is 13.8 Å². The van der Waals surface area contributed by atoms with E-state index in [2.05, 4.69) is 15.5 Å². The molecule has 0 spiro atoms. The van der Waals surface area contributed by atoms with Gasteiger partial charge in [0.2, 0.25) is 0 Å². The summed E-state index contributed by atoms with van der Waals surface area (Å²) in [6.07, 6.45) is 4.59. The standard InChI is InChI=1S/C20H32N4O3S/c1-13(2)17-18(19(27)22-10-5-16(25)26)28-20(23-17)14-6-11-24(12-7-14)15-3-8-21-9-4-15/h13-15,21H,3-12H2,1-2H3,(H,22,27)(H,25,26). The number of carboxylic acid groups (broad SMARTS) is 1. The van der Waals surface area contributed by atoms with Gasteiger partial charge in [-0.05, 0) is 57.8 Å². The molecule has 156 valence electrons. The first-order valence-corrected chi connectivity index (χ1v) is 11.2. The molecule has 3 N–H and O–H groups in total. The van der Waals surface area contributed by atoms with Gasteiger partial charge in [-0.15, -0.1) is 11.3 Å². The van der Waals surface area contributed by atoms with Gasteiger partial charge in [0.15, 0.2) is 0 Å². The quantitative estimate of drug-likeness (QED) is 0.641. The number of carboxylic acids is 1. The summed E-state index contributed by atoms with van der Waals surface area (Å²) in [5.74, 6) is -0.517. The lowest BCUT2D eigenvalue weighted by Crippen LogP contribution is -2.46. The van der Waals surface area contributed by atoms with Crippen molar-refractivity contribution >= 4 is 23.2 Å². The largest absolute Gasteiger partial charge is 0.481 e. The number of carbonyl (C=O) groups excluding carboxylic acids is 1. The molecule has 0 bridgehead atoms. The Morgan fingerprint density at radius 2 is 1.93 bits per heavy atom. The Labute approximate surface area is 170 Å². The van der Waals surface area contributed by atoms with Gasteiger partial charge in [-0.2, -0.15) is 0 Å². The Balaban J connectivity index is 1.62. The SMILES string of the molecule is CC(C)c1nc(C2CCN(C3CCNCC3)CC2)sc1C(=O)NCCC(=O)O. The normalized spacial score (nSPS) is 19.8. The van der Waals surface area contributed by atoms with Crippen molar-refractivity contribution in [3.63, 3.8) is 0 Å². The van der Waals surface area contributed by atoms with Crippen molar-refractivity contribution in [1.82, 2.24) is 20.5 Å². The van der Waals surface area contributed by atoms with Gasteiger partial charge in [0.25, 0.3) is 5.91 Å². The fraction of sp³-hybridized carbons (Fsp3) is 0.750. The summed E-state index contributed by atoms with van der Waals surface area (Å²) < 4.78 is 0. The van der Waals surface area contributed by atoms with Crippen LogP contribution in [0.5, 0.6) is 0 Å². The Hall–Kier alpha value is -1.51. The molecule has 0 saturated carbocycles. The van der Waals surface area contributed by atoms with Gasteiger partial charge in [0.05, 0.1) is 17.1 Å². The van der Waals surface area contributed by atoms with Crippen molar-refractivity contribution in [1.29, 1.82) is 0 Å². The summed E-state index contributed by atoms with van der Waals surface area (Å²) >= 11 is 1.50. The fourth-order valence-corrected chi connectivity index (χ4v) is 5.43. The predicted molar refractivity (Wildman–Crippen MR) is 110 cm³/mol. The Bertz CT molecular complexity index is 677. The molecule has 2 saturated heterocycles. The van der Waals surface area contributed by atoms with Gasteiger partial charge in [-0.1, -0.05) is 13.8 Å². The number of rotatable bonds is 7. The number of hydrogen-bond acceptors (Lipinski definition) is 6. The molecule has 0 aliphatic carbocycles. The van der Waals surface area contributed by atoms with Crippen LogP contribution >= 0.6 is 11.3 Å². The van der Waals surface area contributed by atoms with Crippen LogP contribution in [0.2, 0.25) is 0 Å². The van der Waals surface area contributed by atoms with Gasteiger partial charge in [-0.3, -0.25) is 9.59 Å². The second kappa shape index (κ2) is 9.80. The Morgan fingerprint density at radius 3 is 2.54 bits per heavy atom. The third-order valence-electron chi connectivity index (χ3n) is 5.75. The van der Waals surface area contributed by atoms with Crippen molar-refractivity contribution in [3.05, 3.63) is 15.6 Å². The molecule has 0 unspecified atom stereocenters. The van der Waals surface area contributed by atoms with E-state index in [9.17, 15) is 9.59 Å². The van der Waals surface area contributed by atoms with E-state index in [4.69, 9.17) is 10.1 Å². The third kappa shape index (κ3) is 5.30. The molecular formula is C20H32N4O3S. The molecule has 1 amide bonds. The maximum absolute atomic E-state index is 12.6. The number of hydrogen-bond donors (Lipinski definition) is 3. The second-order valence-corrected chi connectivity index (χ2v) is 9.14. The molecule has 2 aliphatic heterocycles. The van der Waals surface area contributed by atoms with Crippen molar-refractivity contribution < 1.29 is 14.7 Å². The predicted octanol–water partition coefficient (Wildman–Crippen LogP) is 2.40. The van der Waals surface area contributed by atoms with Crippen LogP contribution in [0, 0.1) is 0 Å². The first kappa shape index (κ1) is 21.2. The van der Waals surface area contributed by atoms with E-state index in [0.29, 0.717) is 16.8 Å². The van der Waals surface area contributed by atoms with Crippen LogP contribution in [0.15, 0.2) is 0 Å². The number of nitrogens with zero attached hydrogens (tertiary/aromatic N) is 2. The molecule has 3 heterocycles. The lowest BCUT2D eigenvalue weighted by molar-refractivity contribution is -0.136. The number of likely N-dealkylation sites (tertiary alicyclic amines) is 1. The average molecular weight is 409 g/mol. The van der Waals surface area contributed by atoms with E-state index in [-0.39, 0.29) is 24.8 Å². The highest BCUT2D eigenvalue weighted by Crippen LogP contribution is 2.35. The summed E-state index contributed by atoms with van der Waals surface area (Å²) in [5.41, 5.74) is 0.841. The van der Waals surface area contributed by atoms with Crippen molar-refractivity contribution in [2.45, 2.75) is 63.8 Å². The number of thiazole rings is 1. The molecule has 7 nitrogen and oxygen atoms in total. The minimum absolute atomic E-state index is 0.0659. The molecule has 1 aromatic heterocycles. The van der Waals surface area contributed by atoms with Crippen LogP contribution < -0.4 is 10.6 Å². The van der Waals surface area contributed by atoms with E-state index in [0.717, 1.165) is 49.7 Å². The zero-order chi connectivity index (χ0) is 20.1. The molecule has 2 aliphatic rings. The van der Waals surface area contributed by atoms with E-state index in [1.165, 1.54) is 24.2 Å². The lowest BCUT2D eigenvalue weighted by Gasteiger charge is -2.39. The molecular weight excluding hydrogens is 376 g/mol. The van der Waals surface area contributed by atoms with Gasteiger partial charge in [0.1, 0.15) is 4.88 Å². The number of carbonyl (C=O) groups is 2.